The maximum absolute atomic E-state index is 13.7. The highest BCUT2D eigenvalue weighted by Crippen LogP contribution is 2.26. The molecule has 0 bridgehead atoms. The lowest BCUT2D eigenvalue weighted by molar-refractivity contribution is 0.212. The van der Waals surface area contributed by atoms with Gasteiger partial charge in [-0.1, -0.05) is 50.1 Å². The van der Waals surface area contributed by atoms with Crippen molar-refractivity contribution in [2.75, 3.05) is 17.2 Å². The highest BCUT2D eigenvalue weighted by atomic mass is 19.1. The van der Waals surface area contributed by atoms with Gasteiger partial charge in [0.2, 0.25) is 5.95 Å². The van der Waals surface area contributed by atoms with Gasteiger partial charge in [-0.05, 0) is 18.9 Å². The third-order valence-electron chi connectivity index (χ3n) is 4.65. The summed E-state index contributed by atoms with van der Waals surface area (Å²) in [5.41, 5.74) is 1.41. The molecule has 7 heteroatoms. The number of benzene rings is 1. The summed E-state index contributed by atoms with van der Waals surface area (Å²) in [4.78, 5) is 13.1. The number of nitrogens with one attached hydrogen (secondary N) is 2. The second kappa shape index (κ2) is 8.93. The minimum Gasteiger partial charge on any atom is -0.394 e. The van der Waals surface area contributed by atoms with Gasteiger partial charge < -0.3 is 15.7 Å². The zero-order chi connectivity index (χ0) is 20.0. The Kier molecular flexibility index (Phi) is 6.36. The van der Waals surface area contributed by atoms with Gasteiger partial charge in [0, 0.05) is 12.6 Å². The van der Waals surface area contributed by atoms with Gasteiger partial charge in [0.25, 0.3) is 0 Å². The molecule has 0 saturated carbocycles. The topological polar surface area (TPSA) is 83.0 Å². The second-order valence-electron chi connectivity index (χ2n) is 7.20. The fourth-order valence-electron chi connectivity index (χ4n) is 2.97. The Morgan fingerprint density at radius 3 is 2.68 bits per heavy atom. The lowest BCUT2D eigenvalue weighted by Crippen LogP contribution is -2.39. The number of fused-ring (bicyclic) bond motifs is 1. The average molecular weight is 383 g/mol. The summed E-state index contributed by atoms with van der Waals surface area (Å²) in [5, 5.41) is 16.4. The number of nitrogens with zero attached hydrogens (tertiary/aromatic N) is 3. The van der Waals surface area contributed by atoms with Gasteiger partial charge in [-0.25, -0.2) is 14.4 Å². The van der Waals surface area contributed by atoms with E-state index in [0.29, 0.717) is 29.3 Å². The Balaban J connectivity index is 1.92. The van der Waals surface area contributed by atoms with Crippen molar-refractivity contribution in [3.05, 3.63) is 54.0 Å². The Morgan fingerprint density at radius 1 is 1.18 bits per heavy atom. The third kappa shape index (κ3) is 4.92. The van der Waals surface area contributed by atoms with Crippen molar-refractivity contribution < 1.29 is 9.50 Å². The number of aliphatic hydroxyl groups is 1. The monoisotopic (exact) mass is 383 g/mol. The molecular formula is C21H26FN5O. The van der Waals surface area contributed by atoms with Crippen molar-refractivity contribution in [1.82, 2.24) is 15.0 Å². The molecule has 0 amide bonds. The molecule has 1 unspecified atom stereocenters. The lowest BCUT2D eigenvalue weighted by atomic mass is 9.96. The van der Waals surface area contributed by atoms with Crippen molar-refractivity contribution >= 4 is 22.8 Å². The maximum Gasteiger partial charge on any atom is 0.225 e. The Bertz CT molecular complexity index is 921. The predicted octanol–water partition coefficient (Wildman–Crippen LogP) is 4.13. The first-order chi connectivity index (χ1) is 13.5. The fourth-order valence-corrected chi connectivity index (χ4v) is 2.97. The first-order valence-corrected chi connectivity index (χ1v) is 9.53. The van der Waals surface area contributed by atoms with E-state index in [4.69, 9.17) is 0 Å². The van der Waals surface area contributed by atoms with Crippen LogP contribution in [0.5, 0.6) is 0 Å². The highest BCUT2D eigenvalue weighted by Gasteiger charge is 2.25. The number of anilines is 2. The van der Waals surface area contributed by atoms with Crippen LogP contribution in [0.4, 0.5) is 16.2 Å². The van der Waals surface area contributed by atoms with Gasteiger partial charge in [-0.3, -0.25) is 0 Å². The number of aromatic nitrogens is 3. The number of halogens is 1. The maximum atomic E-state index is 13.7. The van der Waals surface area contributed by atoms with Crippen LogP contribution in [0.3, 0.4) is 0 Å². The van der Waals surface area contributed by atoms with Crippen LogP contribution in [0.15, 0.2) is 42.6 Å². The molecule has 1 atom stereocenters. The molecule has 0 aliphatic heterocycles. The summed E-state index contributed by atoms with van der Waals surface area (Å²) in [6.45, 7) is 4.54. The molecule has 28 heavy (non-hydrogen) atoms. The first kappa shape index (κ1) is 19.9. The van der Waals surface area contributed by atoms with Crippen LogP contribution in [0.2, 0.25) is 0 Å². The normalized spacial score (nSPS) is 13.3. The summed E-state index contributed by atoms with van der Waals surface area (Å²) < 4.78 is 13.7. The van der Waals surface area contributed by atoms with E-state index in [2.05, 4.69) is 32.5 Å². The number of aliphatic hydroxyl groups excluding tert-OH is 1. The van der Waals surface area contributed by atoms with Crippen LogP contribution in [0.25, 0.3) is 11.0 Å². The van der Waals surface area contributed by atoms with E-state index in [1.165, 1.54) is 6.07 Å². The first-order valence-electron chi connectivity index (χ1n) is 9.53. The summed E-state index contributed by atoms with van der Waals surface area (Å²) in [6.07, 6.45) is 3.92. The Morgan fingerprint density at radius 2 is 1.96 bits per heavy atom. The number of pyridine rings is 1. The molecule has 0 aliphatic carbocycles. The van der Waals surface area contributed by atoms with E-state index in [0.717, 1.165) is 31.0 Å². The predicted molar refractivity (Wildman–Crippen MR) is 110 cm³/mol. The summed E-state index contributed by atoms with van der Waals surface area (Å²) in [7, 11) is 0. The zero-order valence-electron chi connectivity index (χ0n) is 16.2. The minimum atomic E-state index is -0.552. The molecule has 0 fully saturated rings. The van der Waals surface area contributed by atoms with Crippen molar-refractivity contribution in [2.24, 2.45) is 0 Å². The molecule has 3 rings (SSSR count). The minimum absolute atomic E-state index is 0.0491. The molecule has 6 nitrogen and oxygen atoms in total. The highest BCUT2D eigenvalue weighted by molar-refractivity contribution is 5.86. The van der Waals surface area contributed by atoms with Crippen LogP contribution in [0, 0.1) is 5.82 Å². The molecule has 3 aromatic rings. The van der Waals surface area contributed by atoms with E-state index < -0.39 is 11.4 Å². The van der Waals surface area contributed by atoms with Crippen molar-refractivity contribution in [3.8, 4) is 0 Å². The van der Waals surface area contributed by atoms with E-state index in [1.54, 1.807) is 0 Å². The second-order valence-corrected chi connectivity index (χ2v) is 7.20. The van der Waals surface area contributed by atoms with Gasteiger partial charge in [-0.15, -0.1) is 0 Å². The average Bonchev–Trinajstić information content (AvgIpc) is 2.71. The van der Waals surface area contributed by atoms with Crippen molar-refractivity contribution in [3.63, 3.8) is 0 Å². The van der Waals surface area contributed by atoms with Gasteiger partial charge >= 0.3 is 0 Å². The molecule has 0 aliphatic rings. The molecule has 2 heterocycles. The number of hydrogen-bond acceptors (Lipinski definition) is 6. The molecule has 1 aromatic carbocycles. The van der Waals surface area contributed by atoms with Crippen LogP contribution < -0.4 is 10.6 Å². The van der Waals surface area contributed by atoms with Gasteiger partial charge in [0.15, 0.2) is 5.82 Å². The molecule has 0 saturated heterocycles. The fraction of sp³-hybridized carbons (Fsp3) is 0.381. The molecule has 2 aromatic heterocycles. The quantitative estimate of drug-likeness (QED) is 0.515. The van der Waals surface area contributed by atoms with Crippen LogP contribution in [0.1, 0.15) is 38.7 Å². The third-order valence-corrected chi connectivity index (χ3v) is 4.65. The van der Waals surface area contributed by atoms with E-state index in [9.17, 15) is 9.50 Å². The Labute approximate surface area is 164 Å². The van der Waals surface area contributed by atoms with Gasteiger partial charge in [-0.2, -0.15) is 4.98 Å². The number of rotatable bonds is 9. The summed E-state index contributed by atoms with van der Waals surface area (Å²) in [5.74, 6) is 0.400. The summed E-state index contributed by atoms with van der Waals surface area (Å²) in [6, 6.07) is 11.2. The van der Waals surface area contributed by atoms with Gasteiger partial charge in [0.05, 0.1) is 23.9 Å². The van der Waals surface area contributed by atoms with Gasteiger partial charge in [0.1, 0.15) is 11.3 Å². The SMILES string of the molecule is CCCCC(C)(CO)Nc1nc(NCc2ccccc2)nc2cc(F)cnc12. The largest absolute Gasteiger partial charge is 0.394 e. The Hall–Kier alpha value is -2.80. The molecule has 0 spiro atoms. The molecular weight excluding hydrogens is 357 g/mol. The molecule has 3 N–H and O–H groups in total. The van der Waals surface area contributed by atoms with E-state index >= 15 is 0 Å². The van der Waals surface area contributed by atoms with E-state index in [1.807, 2.05) is 37.3 Å². The zero-order valence-corrected chi connectivity index (χ0v) is 16.2. The number of unbranched alkanes of at least 4 members (excludes halogenated alkanes) is 1. The number of hydrogen-bond donors (Lipinski definition) is 3. The lowest BCUT2D eigenvalue weighted by Gasteiger charge is -2.29. The molecule has 0 radical (unpaired) electrons. The standard InChI is InChI=1S/C21H26FN5O/c1-3-4-10-21(2,14-28)27-19-18-17(11-16(22)13-23-18)25-20(26-19)24-12-15-8-6-5-7-9-15/h5-9,11,13,28H,3-4,10,12,14H2,1-2H3,(H2,24,25,26,27). The summed E-state index contributed by atoms with van der Waals surface area (Å²) >= 11 is 0. The van der Waals surface area contributed by atoms with Crippen LogP contribution in [-0.4, -0.2) is 32.2 Å². The molecule has 148 valence electrons. The van der Waals surface area contributed by atoms with Crippen LogP contribution in [-0.2, 0) is 6.54 Å². The smallest absolute Gasteiger partial charge is 0.225 e. The van der Waals surface area contributed by atoms with Crippen molar-refractivity contribution in [1.29, 1.82) is 0 Å². The van der Waals surface area contributed by atoms with E-state index in [-0.39, 0.29) is 6.61 Å². The van der Waals surface area contributed by atoms with Crippen LogP contribution >= 0.6 is 0 Å². The van der Waals surface area contributed by atoms with Crippen molar-refractivity contribution in [2.45, 2.75) is 45.2 Å².